The van der Waals surface area contributed by atoms with Crippen molar-refractivity contribution in [2.75, 3.05) is 26.4 Å². The van der Waals surface area contributed by atoms with Crippen molar-refractivity contribution in [2.45, 2.75) is 200 Å². The van der Waals surface area contributed by atoms with E-state index < -0.39 is 26.5 Å². The van der Waals surface area contributed by atoms with E-state index in [9.17, 15) is 19.0 Å². The number of rotatable bonds is 39. The Labute approximate surface area is 312 Å². The Hall–Kier alpha value is -1.51. The molecule has 0 amide bonds. The molecule has 0 heterocycles. The summed E-state index contributed by atoms with van der Waals surface area (Å²) < 4.78 is 32.7. The molecule has 0 rings (SSSR count). The van der Waals surface area contributed by atoms with E-state index in [0.29, 0.717) is 6.42 Å². The van der Waals surface area contributed by atoms with Gasteiger partial charge in [0.05, 0.1) is 13.2 Å². The molecule has 0 bridgehead atoms. The van der Waals surface area contributed by atoms with Crippen LogP contribution in [0.1, 0.15) is 194 Å². The molecule has 1 unspecified atom stereocenters. The molecule has 51 heavy (non-hydrogen) atoms. The van der Waals surface area contributed by atoms with E-state index in [1.807, 2.05) is 0 Å². The van der Waals surface area contributed by atoms with Gasteiger partial charge in [-0.1, -0.05) is 160 Å². The Bertz CT molecular complexity index is 897. The van der Waals surface area contributed by atoms with Gasteiger partial charge in [0, 0.05) is 19.4 Å². The van der Waals surface area contributed by atoms with Crippen LogP contribution in [0.15, 0.2) is 24.3 Å². The van der Waals surface area contributed by atoms with Crippen LogP contribution in [0, 0.1) is 0 Å². The van der Waals surface area contributed by atoms with E-state index in [4.69, 9.17) is 24.3 Å². The monoisotopic (exact) mass is 744 g/mol. The first-order chi connectivity index (χ1) is 24.8. The third-order valence-corrected chi connectivity index (χ3v) is 9.82. The highest BCUT2D eigenvalue weighted by molar-refractivity contribution is 7.47. The molecule has 9 nitrogen and oxygen atoms in total. The third kappa shape index (κ3) is 38.0. The average Bonchev–Trinajstić information content (AvgIpc) is 3.11. The third-order valence-electron chi connectivity index (χ3n) is 8.84. The van der Waals surface area contributed by atoms with Gasteiger partial charge in [-0.15, -0.1) is 0 Å². The summed E-state index contributed by atoms with van der Waals surface area (Å²) in [5.74, 6) is -0.832. The SMILES string of the molecule is CCCCCC=CCC=CCCCCCCCCCC(=O)O[C@H](COC(=O)CCCCCCCCCCCCCCC)COP(=O)(O)OCCN. The lowest BCUT2D eigenvalue weighted by Crippen LogP contribution is -2.29. The summed E-state index contributed by atoms with van der Waals surface area (Å²) >= 11 is 0. The van der Waals surface area contributed by atoms with Gasteiger partial charge in [-0.3, -0.25) is 18.6 Å². The fourth-order valence-electron chi connectivity index (χ4n) is 5.72. The quantitative estimate of drug-likeness (QED) is 0.0273. The lowest BCUT2D eigenvalue weighted by molar-refractivity contribution is -0.161. The number of phosphoric ester groups is 1. The summed E-state index contributed by atoms with van der Waals surface area (Å²) in [5.41, 5.74) is 5.34. The number of hydrogen-bond donors (Lipinski definition) is 2. The van der Waals surface area contributed by atoms with Gasteiger partial charge in [-0.2, -0.15) is 0 Å². The second-order valence-electron chi connectivity index (χ2n) is 13.9. The van der Waals surface area contributed by atoms with Crippen molar-refractivity contribution in [3.8, 4) is 0 Å². The molecular weight excluding hydrogens is 665 g/mol. The molecule has 0 fully saturated rings. The second kappa shape index (κ2) is 38.2. The predicted molar refractivity (Wildman–Crippen MR) is 211 cm³/mol. The van der Waals surface area contributed by atoms with Crippen LogP contribution < -0.4 is 5.73 Å². The Morgan fingerprint density at radius 1 is 0.588 bits per heavy atom. The highest BCUT2D eigenvalue weighted by atomic mass is 31.2. The maximum Gasteiger partial charge on any atom is 0.472 e. The van der Waals surface area contributed by atoms with Crippen LogP contribution in [0.3, 0.4) is 0 Å². The van der Waals surface area contributed by atoms with Crippen molar-refractivity contribution >= 4 is 19.8 Å². The zero-order valence-electron chi connectivity index (χ0n) is 32.8. The number of hydrogen-bond acceptors (Lipinski definition) is 8. The van der Waals surface area contributed by atoms with Crippen LogP contribution in [0.2, 0.25) is 0 Å². The van der Waals surface area contributed by atoms with E-state index in [1.54, 1.807) is 0 Å². The summed E-state index contributed by atoms with van der Waals surface area (Å²) in [7, 11) is -4.37. The predicted octanol–water partition coefficient (Wildman–Crippen LogP) is 11.6. The molecule has 300 valence electrons. The Morgan fingerprint density at radius 3 is 1.53 bits per heavy atom. The minimum atomic E-state index is -4.37. The minimum absolute atomic E-state index is 0.0534. The van der Waals surface area contributed by atoms with Gasteiger partial charge >= 0.3 is 19.8 Å². The molecular formula is C41H78NO8P. The van der Waals surface area contributed by atoms with Crippen molar-refractivity contribution in [1.82, 2.24) is 0 Å². The average molecular weight is 744 g/mol. The molecule has 0 aromatic carbocycles. The molecule has 0 radical (unpaired) electrons. The first-order valence-electron chi connectivity index (χ1n) is 20.8. The van der Waals surface area contributed by atoms with Crippen molar-refractivity contribution < 1.29 is 37.6 Å². The van der Waals surface area contributed by atoms with Gasteiger partial charge < -0.3 is 20.1 Å². The number of unbranched alkanes of at least 4 members (excludes halogenated alkanes) is 22. The summed E-state index contributed by atoms with van der Waals surface area (Å²) in [6, 6.07) is 0. The second-order valence-corrected chi connectivity index (χ2v) is 15.3. The summed E-state index contributed by atoms with van der Waals surface area (Å²) in [4.78, 5) is 34.8. The zero-order valence-corrected chi connectivity index (χ0v) is 33.7. The fraction of sp³-hybridized carbons (Fsp3) is 0.854. The summed E-state index contributed by atoms with van der Waals surface area (Å²) in [6.45, 7) is 3.70. The molecule has 10 heteroatoms. The molecule has 0 aliphatic rings. The molecule has 0 saturated carbocycles. The van der Waals surface area contributed by atoms with Crippen molar-refractivity contribution in [3.63, 3.8) is 0 Å². The van der Waals surface area contributed by atoms with E-state index in [1.165, 1.54) is 109 Å². The normalized spacial score (nSPS) is 13.6. The number of carbonyl (C=O) groups excluding carboxylic acids is 2. The summed E-state index contributed by atoms with van der Waals surface area (Å²) in [6.07, 6.45) is 39.1. The Kier molecular flexibility index (Phi) is 37.1. The number of phosphoric acid groups is 1. The van der Waals surface area contributed by atoms with E-state index >= 15 is 0 Å². The number of esters is 2. The molecule has 0 saturated heterocycles. The Balaban J connectivity index is 4.17. The van der Waals surface area contributed by atoms with Crippen molar-refractivity contribution in [1.29, 1.82) is 0 Å². The maximum absolute atomic E-state index is 12.6. The van der Waals surface area contributed by atoms with Gasteiger partial charge in [-0.05, 0) is 44.9 Å². The van der Waals surface area contributed by atoms with Crippen LogP contribution >= 0.6 is 7.82 Å². The van der Waals surface area contributed by atoms with Gasteiger partial charge in [0.2, 0.25) is 0 Å². The summed E-state index contributed by atoms with van der Waals surface area (Å²) in [5, 5.41) is 0. The van der Waals surface area contributed by atoms with Gasteiger partial charge in [-0.25, -0.2) is 4.57 Å². The lowest BCUT2D eigenvalue weighted by Gasteiger charge is -2.19. The first kappa shape index (κ1) is 49.5. The number of nitrogens with two attached hydrogens (primary N) is 1. The minimum Gasteiger partial charge on any atom is -0.462 e. The van der Waals surface area contributed by atoms with Crippen LogP contribution in [0.4, 0.5) is 0 Å². The molecule has 0 aromatic heterocycles. The van der Waals surface area contributed by atoms with E-state index in [-0.39, 0.29) is 38.6 Å². The van der Waals surface area contributed by atoms with Crippen molar-refractivity contribution in [3.05, 3.63) is 24.3 Å². The number of allylic oxidation sites excluding steroid dienone is 4. The van der Waals surface area contributed by atoms with E-state index in [2.05, 4.69) is 38.2 Å². The molecule has 0 aliphatic carbocycles. The molecule has 3 N–H and O–H groups in total. The highest BCUT2D eigenvalue weighted by Crippen LogP contribution is 2.43. The van der Waals surface area contributed by atoms with Crippen LogP contribution in [0.25, 0.3) is 0 Å². The maximum atomic E-state index is 12.6. The molecule has 2 atom stereocenters. The molecule has 0 aliphatic heterocycles. The van der Waals surface area contributed by atoms with Gasteiger partial charge in [0.15, 0.2) is 6.10 Å². The largest absolute Gasteiger partial charge is 0.472 e. The van der Waals surface area contributed by atoms with Gasteiger partial charge in [0.1, 0.15) is 6.61 Å². The fourth-order valence-corrected chi connectivity index (χ4v) is 6.49. The zero-order chi connectivity index (χ0) is 37.5. The lowest BCUT2D eigenvalue weighted by atomic mass is 10.0. The molecule has 0 spiro atoms. The topological polar surface area (TPSA) is 134 Å². The van der Waals surface area contributed by atoms with Crippen LogP contribution in [0.5, 0.6) is 0 Å². The van der Waals surface area contributed by atoms with Crippen LogP contribution in [-0.2, 0) is 32.7 Å². The number of carbonyl (C=O) groups is 2. The number of ether oxygens (including phenoxy) is 2. The highest BCUT2D eigenvalue weighted by Gasteiger charge is 2.26. The van der Waals surface area contributed by atoms with Crippen LogP contribution in [-0.4, -0.2) is 49.3 Å². The smallest absolute Gasteiger partial charge is 0.462 e. The first-order valence-corrected chi connectivity index (χ1v) is 22.3. The van der Waals surface area contributed by atoms with Crippen molar-refractivity contribution in [2.24, 2.45) is 5.73 Å². The molecule has 0 aromatic rings. The Morgan fingerprint density at radius 2 is 1.02 bits per heavy atom. The van der Waals surface area contributed by atoms with E-state index in [0.717, 1.165) is 51.4 Å². The van der Waals surface area contributed by atoms with Gasteiger partial charge in [0.25, 0.3) is 0 Å². The standard InChI is InChI=1S/C41H78NO8P/c1-3-5-7-9-11-13-15-17-18-19-20-22-24-26-28-30-32-34-41(44)50-39(38-49-51(45,46)48-36-35-42)37-47-40(43)33-31-29-27-25-23-21-16-14-12-10-8-6-4-2/h11,13,17-18,39H,3-10,12,14-16,19-38,42H2,1-2H3,(H,45,46)/t39-/m1/s1.